The van der Waals surface area contributed by atoms with Crippen molar-refractivity contribution in [3.8, 4) is 0 Å². The number of carbonyl (C=O) groups excluding carboxylic acids is 4. The molecule has 1 saturated heterocycles. The first-order valence-corrected chi connectivity index (χ1v) is 15.3. The molecule has 2 atom stereocenters. The second kappa shape index (κ2) is 11.5. The molecule has 1 aliphatic heterocycles. The van der Waals surface area contributed by atoms with E-state index in [-0.39, 0.29) is 54.4 Å². The lowest BCUT2D eigenvalue weighted by atomic mass is 9.55. The van der Waals surface area contributed by atoms with E-state index in [2.05, 4.69) is 45.5 Å². The molecule has 0 aromatic heterocycles. The third-order valence-electron chi connectivity index (χ3n) is 9.16. The number of amides is 3. The van der Waals surface area contributed by atoms with Crippen LogP contribution >= 0.6 is 15.9 Å². The Balaban J connectivity index is 0.992. The second-order valence-electron chi connectivity index (χ2n) is 11.5. The zero-order valence-corrected chi connectivity index (χ0v) is 25.3. The number of likely N-dealkylation sites (tertiary alicyclic amines) is 1. The average Bonchev–Trinajstić information content (AvgIpc) is 3.25. The summed E-state index contributed by atoms with van der Waals surface area (Å²) in [6.45, 7) is 3.88. The Labute approximate surface area is 253 Å². The number of esters is 1. The van der Waals surface area contributed by atoms with E-state index in [9.17, 15) is 19.2 Å². The quantitative estimate of drug-likeness (QED) is 0.178. The Bertz CT molecular complexity index is 1480. The number of nitrogens with one attached hydrogen (secondary N) is 1. The van der Waals surface area contributed by atoms with Crippen LogP contribution in [0.15, 0.2) is 65.1 Å². The fraction of sp³-hybridized carbons (Fsp3) is 0.353. The minimum atomic E-state index is -0.444. The van der Waals surface area contributed by atoms with Gasteiger partial charge < -0.3 is 10.1 Å². The molecule has 3 aliphatic carbocycles. The highest BCUT2D eigenvalue weighted by Crippen LogP contribution is 2.60. The monoisotopic (exact) mass is 628 g/mol. The number of halogens is 1. The van der Waals surface area contributed by atoms with Crippen LogP contribution in [-0.4, -0.2) is 41.7 Å². The van der Waals surface area contributed by atoms with Crippen LogP contribution in [0.2, 0.25) is 0 Å². The first-order chi connectivity index (χ1) is 20.3. The van der Waals surface area contributed by atoms with Gasteiger partial charge in [-0.2, -0.15) is 0 Å². The van der Waals surface area contributed by atoms with Gasteiger partial charge in [0.05, 0.1) is 11.8 Å². The summed E-state index contributed by atoms with van der Waals surface area (Å²) >= 11 is 3.47. The molecule has 1 fully saturated rings. The molecule has 0 unspecified atom stereocenters. The van der Waals surface area contributed by atoms with Gasteiger partial charge >= 0.3 is 5.97 Å². The number of hydrogen-bond acceptors (Lipinski definition) is 5. The van der Waals surface area contributed by atoms with E-state index in [1.54, 1.807) is 6.07 Å². The third kappa shape index (κ3) is 4.85. The lowest BCUT2D eigenvalue weighted by molar-refractivity contribution is -0.147. The molecule has 1 N–H and O–H groups in total. The van der Waals surface area contributed by atoms with Crippen molar-refractivity contribution in [2.24, 2.45) is 11.8 Å². The summed E-state index contributed by atoms with van der Waals surface area (Å²) in [5.41, 5.74) is 7.32. The van der Waals surface area contributed by atoms with Crippen LogP contribution in [0.3, 0.4) is 0 Å². The van der Waals surface area contributed by atoms with Crippen molar-refractivity contribution in [3.05, 3.63) is 98.5 Å². The summed E-state index contributed by atoms with van der Waals surface area (Å²) in [6, 6.07) is 20.1. The molecule has 3 aromatic carbocycles. The van der Waals surface area contributed by atoms with Crippen molar-refractivity contribution >= 4 is 45.3 Å². The summed E-state index contributed by atoms with van der Waals surface area (Å²) in [5, 5.41) is 2.79. The number of benzene rings is 3. The van der Waals surface area contributed by atoms with Crippen LogP contribution in [0.5, 0.6) is 0 Å². The number of carbonyl (C=O) groups is 4. The average molecular weight is 630 g/mol. The highest BCUT2D eigenvalue weighted by atomic mass is 79.9. The lowest BCUT2D eigenvalue weighted by Crippen LogP contribution is -2.41. The molecular weight excluding hydrogens is 596 g/mol. The van der Waals surface area contributed by atoms with Gasteiger partial charge in [0, 0.05) is 35.0 Å². The van der Waals surface area contributed by atoms with Gasteiger partial charge in [-0.3, -0.25) is 24.1 Å². The molecule has 0 saturated carbocycles. The predicted molar refractivity (Wildman–Crippen MR) is 162 cm³/mol. The Morgan fingerprint density at radius 1 is 0.786 bits per heavy atom. The van der Waals surface area contributed by atoms with Gasteiger partial charge in [-0.1, -0.05) is 70.9 Å². The number of rotatable bonds is 9. The Hall–Kier alpha value is -3.78. The van der Waals surface area contributed by atoms with Crippen LogP contribution in [0.25, 0.3) is 0 Å². The highest BCUT2D eigenvalue weighted by Gasteiger charge is 2.61. The summed E-state index contributed by atoms with van der Waals surface area (Å²) in [4.78, 5) is 53.3. The third-order valence-corrected chi connectivity index (χ3v) is 10.0. The highest BCUT2D eigenvalue weighted by molar-refractivity contribution is 9.10. The normalized spacial score (nSPS) is 21.5. The van der Waals surface area contributed by atoms with Crippen molar-refractivity contribution in [1.82, 2.24) is 4.90 Å². The lowest BCUT2D eigenvalue weighted by Gasteiger charge is -2.45. The number of nitrogens with zero attached hydrogens (tertiary/aromatic N) is 1. The number of unbranched alkanes of at least 4 members (excludes halogenated alkanes) is 2. The minimum absolute atomic E-state index is 0.0781. The van der Waals surface area contributed by atoms with Gasteiger partial charge in [-0.05, 0) is 72.2 Å². The standard InChI is InChI=1S/C34H33BrN2O5/c1-19-20(2)26(16-15-25(19)35)36-27(38)18-42-28(39)14-4-3-9-17-37-33(40)31-29-21-10-5-6-11-22(21)30(32(31)34(37)41)24-13-8-7-12-23(24)29/h5-8,10-13,15-16,29-32H,3-4,9,14,17-18H2,1-2H3,(H,36,38)/t29?,30?,31-,32-/m1/s1. The van der Waals surface area contributed by atoms with Gasteiger partial charge in [-0.15, -0.1) is 0 Å². The van der Waals surface area contributed by atoms with Crippen LogP contribution in [0.4, 0.5) is 5.69 Å². The summed E-state index contributed by atoms with van der Waals surface area (Å²) < 4.78 is 6.12. The topological polar surface area (TPSA) is 92.8 Å². The number of hydrogen-bond donors (Lipinski definition) is 1. The van der Waals surface area contributed by atoms with Gasteiger partial charge in [0.15, 0.2) is 6.61 Å². The summed E-state index contributed by atoms with van der Waals surface area (Å²) in [7, 11) is 0. The first-order valence-electron chi connectivity index (χ1n) is 14.5. The SMILES string of the molecule is Cc1c(Br)ccc(NC(=O)COC(=O)CCCCCN2C(=O)[C@@H]3C4c5ccccc5C(c5ccccc54)[C@H]3C2=O)c1C. The molecule has 216 valence electrons. The molecule has 7 rings (SSSR count). The number of ether oxygens (including phenoxy) is 1. The first kappa shape index (κ1) is 28.3. The molecule has 0 radical (unpaired) electrons. The van der Waals surface area contributed by atoms with E-state index in [4.69, 9.17) is 4.74 Å². The molecule has 4 aliphatic rings. The maximum Gasteiger partial charge on any atom is 0.306 e. The van der Waals surface area contributed by atoms with Crippen molar-refractivity contribution in [2.75, 3.05) is 18.5 Å². The van der Waals surface area contributed by atoms with Gasteiger partial charge in [0.1, 0.15) is 0 Å². The van der Waals surface area contributed by atoms with Crippen LogP contribution in [0, 0.1) is 25.7 Å². The largest absolute Gasteiger partial charge is 0.456 e. The minimum Gasteiger partial charge on any atom is -0.456 e. The Kier molecular flexibility index (Phi) is 7.75. The fourth-order valence-corrected chi connectivity index (χ4v) is 7.43. The van der Waals surface area contributed by atoms with Crippen molar-refractivity contribution in [1.29, 1.82) is 0 Å². The van der Waals surface area contributed by atoms with E-state index < -0.39 is 5.97 Å². The van der Waals surface area contributed by atoms with Crippen LogP contribution in [0.1, 0.15) is 70.9 Å². The van der Waals surface area contributed by atoms with Crippen LogP contribution in [-0.2, 0) is 23.9 Å². The van der Waals surface area contributed by atoms with Gasteiger partial charge in [0.25, 0.3) is 5.91 Å². The van der Waals surface area contributed by atoms with E-state index >= 15 is 0 Å². The zero-order chi connectivity index (χ0) is 29.5. The predicted octanol–water partition coefficient (Wildman–Crippen LogP) is 6.00. The molecule has 7 nitrogen and oxygen atoms in total. The molecule has 8 heteroatoms. The van der Waals surface area contributed by atoms with Gasteiger partial charge in [-0.25, -0.2) is 0 Å². The van der Waals surface area contributed by atoms with Crippen LogP contribution < -0.4 is 5.32 Å². The zero-order valence-electron chi connectivity index (χ0n) is 23.7. The summed E-state index contributed by atoms with van der Waals surface area (Å²) in [5.74, 6) is -1.91. The molecule has 42 heavy (non-hydrogen) atoms. The molecule has 1 heterocycles. The van der Waals surface area contributed by atoms with Crippen molar-refractivity contribution in [3.63, 3.8) is 0 Å². The molecule has 2 bridgehead atoms. The van der Waals surface area contributed by atoms with E-state index in [0.29, 0.717) is 31.5 Å². The maximum atomic E-state index is 13.7. The van der Waals surface area contributed by atoms with E-state index in [1.165, 1.54) is 27.2 Å². The molecule has 0 spiro atoms. The van der Waals surface area contributed by atoms with E-state index in [0.717, 1.165) is 15.6 Å². The fourth-order valence-electron chi connectivity index (χ4n) is 7.00. The van der Waals surface area contributed by atoms with Crippen molar-refractivity contribution in [2.45, 2.75) is 51.4 Å². The summed E-state index contributed by atoms with van der Waals surface area (Å²) in [6.07, 6.45) is 2.00. The molecular formula is C34H33BrN2O5. The number of imide groups is 1. The Morgan fingerprint density at radius 2 is 1.33 bits per heavy atom. The van der Waals surface area contributed by atoms with E-state index in [1.807, 2.05) is 44.2 Å². The number of anilines is 1. The maximum absolute atomic E-state index is 13.7. The molecule has 3 amide bonds. The smallest absolute Gasteiger partial charge is 0.306 e. The second-order valence-corrected chi connectivity index (χ2v) is 12.3. The Morgan fingerprint density at radius 3 is 1.88 bits per heavy atom. The van der Waals surface area contributed by atoms with Crippen molar-refractivity contribution < 1.29 is 23.9 Å². The molecule has 3 aromatic rings. The van der Waals surface area contributed by atoms with Gasteiger partial charge in [0.2, 0.25) is 11.8 Å².